The summed E-state index contributed by atoms with van der Waals surface area (Å²) in [6.45, 7) is 1.30. The van der Waals surface area contributed by atoms with Gasteiger partial charge >= 0.3 is 5.97 Å². The van der Waals surface area contributed by atoms with Gasteiger partial charge in [-0.3, -0.25) is 9.69 Å². The van der Waals surface area contributed by atoms with Gasteiger partial charge in [-0.2, -0.15) is 0 Å². The van der Waals surface area contributed by atoms with Crippen molar-refractivity contribution in [1.82, 2.24) is 4.90 Å². The van der Waals surface area contributed by atoms with Crippen molar-refractivity contribution in [3.8, 4) is 17.2 Å². The van der Waals surface area contributed by atoms with Gasteiger partial charge < -0.3 is 19.3 Å². The van der Waals surface area contributed by atoms with Gasteiger partial charge in [0.2, 0.25) is 0 Å². The van der Waals surface area contributed by atoms with E-state index >= 15 is 0 Å². The molecule has 0 saturated carbocycles. The Hall–Kier alpha value is -2.73. The van der Waals surface area contributed by atoms with Gasteiger partial charge in [0.15, 0.2) is 0 Å². The number of ether oxygens (including phenoxy) is 3. The van der Waals surface area contributed by atoms with Crippen molar-refractivity contribution in [2.45, 2.75) is 18.9 Å². The van der Waals surface area contributed by atoms with Crippen LogP contribution in [0.5, 0.6) is 17.2 Å². The summed E-state index contributed by atoms with van der Waals surface area (Å²) in [7, 11) is 4.92. The van der Waals surface area contributed by atoms with E-state index in [-0.39, 0.29) is 12.0 Å². The standard InChI is InChI=1S/C22H27NO5/c1-26-17-8-4-6-15(12-17)21(23-11-5-7-16(14-23)22(24)25)19-13-18(27-2)9-10-20(19)28-3/h4,6,8-10,12-13,16,21H,5,7,11,14H2,1-3H3,(H,24,25). The van der Waals surface area contributed by atoms with Crippen LogP contribution in [0.1, 0.15) is 30.0 Å². The van der Waals surface area contributed by atoms with Gasteiger partial charge in [-0.15, -0.1) is 0 Å². The van der Waals surface area contributed by atoms with Gasteiger partial charge in [0, 0.05) is 12.1 Å². The lowest BCUT2D eigenvalue weighted by Crippen LogP contribution is -2.41. The molecule has 2 unspecified atom stereocenters. The first-order valence-corrected chi connectivity index (χ1v) is 9.40. The molecule has 1 heterocycles. The van der Waals surface area contributed by atoms with Crippen LogP contribution in [0, 0.1) is 5.92 Å². The summed E-state index contributed by atoms with van der Waals surface area (Å²) in [5.74, 6) is 1.11. The number of carboxylic acid groups (broad SMARTS) is 1. The maximum Gasteiger partial charge on any atom is 0.307 e. The number of nitrogens with zero attached hydrogens (tertiary/aromatic N) is 1. The molecule has 0 aliphatic carbocycles. The maximum absolute atomic E-state index is 11.6. The Morgan fingerprint density at radius 1 is 1.07 bits per heavy atom. The second-order valence-corrected chi connectivity index (χ2v) is 6.96. The predicted octanol–water partition coefficient (Wildman–Crippen LogP) is 3.60. The summed E-state index contributed by atoms with van der Waals surface area (Å²) in [5, 5.41) is 9.55. The summed E-state index contributed by atoms with van der Waals surface area (Å²) in [4.78, 5) is 13.8. The summed E-state index contributed by atoms with van der Waals surface area (Å²) in [6.07, 6.45) is 1.54. The highest BCUT2D eigenvalue weighted by atomic mass is 16.5. The lowest BCUT2D eigenvalue weighted by molar-refractivity contribution is -0.143. The Bertz CT molecular complexity index is 822. The highest BCUT2D eigenvalue weighted by Gasteiger charge is 2.33. The molecular formula is C22H27NO5. The van der Waals surface area contributed by atoms with Crippen LogP contribution in [0.25, 0.3) is 0 Å². The van der Waals surface area contributed by atoms with Gasteiger partial charge in [-0.05, 0) is 55.3 Å². The topological polar surface area (TPSA) is 68.2 Å². The minimum absolute atomic E-state index is 0.165. The fourth-order valence-electron chi connectivity index (χ4n) is 3.89. The number of aliphatic carboxylic acids is 1. The number of benzene rings is 2. The van der Waals surface area contributed by atoms with Gasteiger partial charge in [-0.1, -0.05) is 12.1 Å². The van der Waals surface area contributed by atoms with Crippen LogP contribution in [0.3, 0.4) is 0 Å². The summed E-state index contributed by atoms with van der Waals surface area (Å²) < 4.78 is 16.5. The third kappa shape index (κ3) is 4.22. The summed E-state index contributed by atoms with van der Waals surface area (Å²) in [6, 6.07) is 13.4. The average molecular weight is 385 g/mol. The number of rotatable bonds is 7. The van der Waals surface area contributed by atoms with Gasteiger partial charge in [0.05, 0.1) is 33.3 Å². The molecule has 1 fully saturated rings. The van der Waals surface area contributed by atoms with E-state index in [1.165, 1.54) is 0 Å². The molecule has 1 aliphatic heterocycles. The van der Waals surface area contributed by atoms with Crippen LogP contribution < -0.4 is 14.2 Å². The Morgan fingerprint density at radius 3 is 2.50 bits per heavy atom. The summed E-state index contributed by atoms with van der Waals surface area (Å²) in [5.41, 5.74) is 1.97. The van der Waals surface area contributed by atoms with E-state index in [0.717, 1.165) is 41.3 Å². The van der Waals surface area contributed by atoms with Crippen molar-refractivity contribution < 1.29 is 24.1 Å². The zero-order chi connectivity index (χ0) is 20.1. The zero-order valence-corrected chi connectivity index (χ0v) is 16.6. The quantitative estimate of drug-likeness (QED) is 0.785. The second kappa shape index (κ2) is 8.97. The third-order valence-corrected chi connectivity index (χ3v) is 5.31. The van der Waals surface area contributed by atoms with E-state index in [2.05, 4.69) is 4.90 Å². The molecule has 0 radical (unpaired) electrons. The molecule has 0 spiro atoms. The molecule has 2 aromatic carbocycles. The zero-order valence-electron chi connectivity index (χ0n) is 16.6. The number of carbonyl (C=O) groups is 1. The van der Waals surface area contributed by atoms with E-state index in [9.17, 15) is 9.90 Å². The van der Waals surface area contributed by atoms with Crippen LogP contribution in [-0.4, -0.2) is 50.4 Å². The molecular weight excluding hydrogens is 358 g/mol. The number of hydrogen-bond donors (Lipinski definition) is 1. The van der Waals surface area contributed by atoms with Crippen LogP contribution in [-0.2, 0) is 4.79 Å². The van der Waals surface area contributed by atoms with Crippen molar-refractivity contribution >= 4 is 5.97 Å². The van der Waals surface area contributed by atoms with Gasteiger partial charge in [0.1, 0.15) is 17.2 Å². The van der Waals surface area contributed by atoms with Crippen LogP contribution in [0.15, 0.2) is 42.5 Å². The van der Waals surface area contributed by atoms with Crippen LogP contribution in [0.2, 0.25) is 0 Å². The highest BCUT2D eigenvalue weighted by Crippen LogP contribution is 2.39. The Kier molecular flexibility index (Phi) is 6.41. The van der Waals surface area contributed by atoms with E-state index in [4.69, 9.17) is 14.2 Å². The van der Waals surface area contributed by atoms with Crippen molar-refractivity contribution in [2.75, 3.05) is 34.4 Å². The van der Waals surface area contributed by atoms with E-state index in [1.54, 1.807) is 21.3 Å². The molecule has 6 heteroatoms. The Labute approximate surface area is 165 Å². The van der Waals surface area contributed by atoms with Gasteiger partial charge in [-0.25, -0.2) is 0 Å². The Morgan fingerprint density at radius 2 is 1.82 bits per heavy atom. The largest absolute Gasteiger partial charge is 0.497 e. The Balaban J connectivity index is 2.10. The van der Waals surface area contributed by atoms with Crippen molar-refractivity contribution in [2.24, 2.45) is 5.92 Å². The number of methoxy groups -OCH3 is 3. The molecule has 1 aliphatic rings. The summed E-state index contributed by atoms with van der Waals surface area (Å²) >= 11 is 0. The SMILES string of the molecule is COc1cccc(C(c2cc(OC)ccc2OC)N2CCCC(C(=O)O)C2)c1. The molecule has 6 nitrogen and oxygen atoms in total. The first-order valence-electron chi connectivity index (χ1n) is 9.40. The van der Waals surface area contributed by atoms with Crippen molar-refractivity contribution in [1.29, 1.82) is 0 Å². The van der Waals surface area contributed by atoms with E-state index in [1.807, 2.05) is 42.5 Å². The smallest absolute Gasteiger partial charge is 0.307 e. The molecule has 2 atom stereocenters. The fourth-order valence-corrected chi connectivity index (χ4v) is 3.89. The number of piperidine rings is 1. The third-order valence-electron chi connectivity index (χ3n) is 5.31. The molecule has 0 bridgehead atoms. The molecule has 150 valence electrons. The molecule has 3 rings (SSSR count). The molecule has 2 aromatic rings. The van der Waals surface area contributed by atoms with Crippen LogP contribution >= 0.6 is 0 Å². The first-order chi connectivity index (χ1) is 13.6. The van der Waals surface area contributed by atoms with Crippen molar-refractivity contribution in [3.05, 3.63) is 53.6 Å². The maximum atomic E-state index is 11.6. The lowest BCUT2D eigenvalue weighted by atomic mass is 9.90. The van der Waals surface area contributed by atoms with E-state index < -0.39 is 5.97 Å². The highest BCUT2D eigenvalue weighted by molar-refractivity contribution is 5.70. The minimum atomic E-state index is -0.744. The lowest BCUT2D eigenvalue weighted by Gasteiger charge is -2.38. The van der Waals surface area contributed by atoms with Crippen LogP contribution in [0.4, 0.5) is 0 Å². The second-order valence-electron chi connectivity index (χ2n) is 6.96. The minimum Gasteiger partial charge on any atom is -0.497 e. The number of hydrogen-bond acceptors (Lipinski definition) is 5. The molecule has 28 heavy (non-hydrogen) atoms. The number of likely N-dealkylation sites (tertiary alicyclic amines) is 1. The first kappa shape index (κ1) is 20.0. The molecule has 1 N–H and O–H groups in total. The molecule has 0 amide bonds. The fraction of sp³-hybridized carbons (Fsp3) is 0.409. The molecule has 1 saturated heterocycles. The average Bonchev–Trinajstić information content (AvgIpc) is 2.74. The van der Waals surface area contributed by atoms with E-state index in [0.29, 0.717) is 13.0 Å². The predicted molar refractivity (Wildman–Crippen MR) is 106 cm³/mol. The van der Waals surface area contributed by atoms with Crippen molar-refractivity contribution in [3.63, 3.8) is 0 Å². The normalized spacial score (nSPS) is 18.3. The monoisotopic (exact) mass is 385 g/mol. The number of carboxylic acids is 1. The van der Waals surface area contributed by atoms with Gasteiger partial charge in [0.25, 0.3) is 0 Å². The molecule has 0 aromatic heterocycles.